The highest BCUT2D eigenvalue weighted by molar-refractivity contribution is 6.04. The molecule has 0 aliphatic carbocycles. The maximum atomic E-state index is 12.1. The van der Waals surface area contributed by atoms with Gasteiger partial charge in [-0.25, -0.2) is 4.79 Å². The van der Waals surface area contributed by atoms with Crippen LogP contribution in [0.2, 0.25) is 0 Å². The Morgan fingerprint density at radius 2 is 1.75 bits per heavy atom. The molecule has 0 aliphatic heterocycles. The van der Waals surface area contributed by atoms with Crippen molar-refractivity contribution in [1.29, 1.82) is 0 Å². The summed E-state index contributed by atoms with van der Waals surface area (Å²) in [6.45, 7) is 3.51. The molecular weight excluding hydrogens is 312 g/mol. The first kappa shape index (κ1) is 17.1. The summed E-state index contributed by atoms with van der Waals surface area (Å²) in [4.78, 5) is 34.0. The van der Waals surface area contributed by atoms with Gasteiger partial charge in [0.25, 0.3) is 11.6 Å². The van der Waals surface area contributed by atoms with Crippen molar-refractivity contribution in [1.82, 2.24) is 0 Å². The van der Waals surface area contributed by atoms with Gasteiger partial charge >= 0.3 is 5.97 Å². The van der Waals surface area contributed by atoms with Crippen LogP contribution in [-0.2, 0) is 4.74 Å². The first-order valence-electron chi connectivity index (χ1n) is 7.23. The highest BCUT2D eigenvalue weighted by Gasteiger charge is 2.13. The Bertz CT molecular complexity index is 769. The van der Waals surface area contributed by atoms with E-state index in [-0.39, 0.29) is 17.4 Å². The Kier molecular flexibility index (Phi) is 5.26. The number of nitrogens with one attached hydrogen (secondary N) is 1. The number of hydrogen-bond acceptors (Lipinski definition) is 5. The molecule has 0 fully saturated rings. The quantitative estimate of drug-likeness (QED) is 0.515. The third kappa shape index (κ3) is 4.39. The summed E-state index contributed by atoms with van der Waals surface area (Å²) in [6, 6.07) is 11.6. The van der Waals surface area contributed by atoms with E-state index in [1.807, 2.05) is 0 Å². The maximum Gasteiger partial charge on any atom is 0.338 e. The Labute approximate surface area is 138 Å². The molecule has 0 spiro atoms. The maximum absolute atomic E-state index is 12.1. The first-order chi connectivity index (χ1) is 11.4. The fraction of sp³-hybridized carbons (Fsp3) is 0.176. The number of carbonyl (C=O) groups is 2. The van der Waals surface area contributed by atoms with Gasteiger partial charge in [0.2, 0.25) is 0 Å². The summed E-state index contributed by atoms with van der Waals surface area (Å²) >= 11 is 0. The van der Waals surface area contributed by atoms with Gasteiger partial charge in [-0.05, 0) is 44.2 Å². The minimum atomic E-state index is -0.564. The van der Waals surface area contributed by atoms with Gasteiger partial charge in [-0.2, -0.15) is 0 Å². The van der Waals surface area contributed by atoms with E-state index in [4.69, 9.17) is 4.74 Å². The molecule has 0 saturated carbocycles. The molecule has 0 atom stereocenters. The summed E-state index contributed by atoms with van der Waals surface area (Å²) in [6.07, 6.45) is -0.217. The molecule has 0 aliphatic rings. The van der Waals surface area contributed by atoms with Crippen molar-refractivity contribution in [3.63, 3.8) is 0 Å². The van der Waals surface area contributed by atoms with Gasteiger partial charge in [0.05, 0.1) is 16.6 Å². The van der Waals surface area contributed by atoms with Crippen LogP contribution in [0.25, 0.3) is 0 Å². The summed E-state index contributed by atoms with van der Waals surface area (Å²) in [5.74, 6) is -0.919. The van der Waals surface area contributed by atoms with Gasteiger partial charge in [-0.1, -0.05) is 6.07 Å². The summed E-state index contributed by atoms with van der Waals surface area (Å²) < 4.78 is 5.07. The summed E-state index contributed by atoms with van der Waals surface area (Å²) in [5.41, 5.74) is 0.853. The van der Waals surface area contributed by atoms with Crippen LogP contribution in [0.1, 0.15) is 34.6 Å². The Morgan fingerprint density at radius 3 is 2.33 bits per heavy atom. The average Bonchev–Trinajstić information content (AvgIpc) is 2.55. The second-order valence-corrected chi connectivity index (χ2v) is 5.29. The monoisotopic (exact) mass is 328 g/mol. The van der Waals surface area contributed by atoms with Crippen molar-refractivity contribution in [2.45, 2.75) is 20.0 Å². The smallest absolute Gasteiger partial charge is 0.338 e. The van der Waals surface area contributed by atoms with Crippen molar-refractivity contribution in [3.05, 3.63) is 69.8 Å². The second-order valence-electron chi connectivity index (χ2n) is 5.29. The number of hydrogen-bond donors (Lipinski definition) is 1. The lowest BCUT2D eigenvalue weighted by Gasteiger charge is -2.09. The molecule has 2 aromatic carbocycles. The van der Waals surface area contributed by atoms with Crippen LogP contribution in [0.5, 0.6) is 0 Å². The number of esters is 1. The highest BCUT2D eigenvalue weighted by Crippen LogP contribution is 2.16. The topological polar surface area (TPSA) is 98.5 Å². The number of amides is 1. The number of non-ortho nitro benzene ring substituents is 1. The molecule has 2 aromatic rings. The van der Waals surface area contributed by atoms with Crippen LogP contribution in [0.3, 0.4) is 0 Å². The van der Waals surface area contributed by atoms with Crippen molar-refractivity contribution in [2.24, 2.45) is 0 Å². The van der Waals surface area contributed by atoms with E-state index in [9.17, 15) is 19.7 Å². The normalized spacial score (nSPS) is 10.3. The molecule has 0 heterocycles. The molecule has 124 valence electrons. The molecule has 0 aromatic heterocycles. The molecule has 1 N–H and O–H groups in total. The molecular formula is C17H16N2O5. The van der Waals surface area contributed by atoms with Crippen molar-refractivity contribution in [3.8, 4) is 0 Å². The van der Waals surface area contributed by atoms with Crippen LogP contribution < -0.4 is 5.32 Å². The van der Waals surface area contributed by atoms with Gasteiger partial charge in [0.1, 0.15) is 0 Å². The van der Waals surface area contributed by atoms with Crippen molar-refractivity contribution >= 4 is 23.3 Å². The number of ether oxygens (including phenoxy) is 1. The lowest BCUT2D eigenvalue weighted by atomic mass is 10.1. The Balaban J connectivity index is 2.08. The van der Waals surface area contributed by atoms with Crippen LogP contribution in [0.15, 0.2) is 48.5 Å². The minimum absolute atomic E-state index is 0.158. The SMILES string of the molecule is CC(C)OC(=O)c1ccc(NC(=O)c2cccc([N+](=O)[O-])c2)cc1. The summed E-state index contributed by atoms with van der Waals surface area (Å²) in [7, 11) is 0. The number of nitrogens with zero attached hydrogens (tertiary/aromatic N) is 1. The molecule has 7 nitrogen and oxygen atoms in total. The molecule has 0 radical (unpaired) electrons. The molecule has 2 rings (SSSR count). The van der Waals surface area contributed by atoms with Gasteiger partial charge < -0.3 is 10.1 Å². The number of carbonyl (C=O) groups excluding carboxylic acids is 2. The van der Waals surface area contributed by atoms with Crippen LogP contribution in [0.4, 0.5) is 11.4 Å². The molecule has 0 bridgehead atoms. The van der Waals surface area contributed by atoms with Crippen molar-refractivity contribution < 1.29 is 19.2 Å². The van der Waals surface area contributed by atoms with Gasteiger partial charge in [-0.3, -0.25) is 14.9 Å². The standard InChI is InChI=1S/C17H16N2O5/c1-11(2)24-17(21)12-6-8-14(9-7-12)18-16(20)13-4-3-5-15(10-13)19(22)23/h3-11H,1-2H3,(H,18,20). The molecule has 0 saturated heterocycles. The molecule has 7 heteroatoms. The number of rotatable bonds is 5. The van der Waals surface area contributed by atoms with Gasteiger partial charge in [-0.15, -0.1) is 0 Å². The predicted octanol–water partition coefficient (Wildman–Crippen LogP) is 3.41. The Morgan fingerprint density at radius 1 is 1.08 bits per heavy atom. The van der Waals surface area contributed by atoms with Gasteiger partial charge in [0.15, 0.2) is 0 Å². The van der Waals surface area contributed by atoms with Gasteiger partial charge in [0, 0.05) is 23.4 Å². The fourth-order valence-electron chi connectivity index (χ4n) is 1.94. The number of nitro benzene ring substituents is 1. The van der Waals surface area contributed by atoms with E-state index in [1.54, 1.807) is 26.0 Å². The summed E-state index contributed by atoms with van der Waals surface area (Å²) in [5, 5.41) is 13.4. The zero-order valence-corrected chi connectivity index (χ0v) is 13.2. The zero-order chi connectivity index (χ0) is 17.7. The van der Waals surface area contributed by atoms with E-state index in [2.05, 4.69) is 5.32 Å². The first-order valence-corrected chi connectivity index (χ1v) is 7.23. The van der Waals surface area contributed by atoms with E-state index in [1.165, 1.54) is 36.4 Å². The number of benzene rings is 2. The average molecular weight is 328 g/mol. The van der Waals surface area contributed by atoms with Crippen molar-refractivity contribution in [2.75, 3.05) is 5.32 Å². The van der Waals surface area contributed by atoms with E-state index in [0.717, 1.165) is 0 Å². The predicted molar refractivity (Wildman–Crippen MR) is 88.0 cm³/mol. The highest BCUT2D eigenvalue weighted by atomic mass is 16.6. The zero-order valence-electron chi connectivity index (χ0n) is 13.2. The van der Waals surface area contributed by atoms with E-state index >= 15 is 0 Å². The Hall–Kier alpha value is -3.22. The second kappa shape index (κ2) is 7.36. The van der Waals surface area contributed by atoms with E-state index in [0.29, 0.717) is 11.3 Å². The molecule has 1 amide bonds. The molecule has 24 heavy (non-hydrogen) atoms. The number of nitro groups is 1. The molecule has 0 unspecified atom stereocenters. The minimum Gasteiger partial charge on any atom is -0.459 e. The third-order valence-electron chi connectivity index (χ3n) is 3.04. The fourth-order valence-corrected chi connectivity index (χ4v) is 1.94. The van der Waals surface area contributed by atoms with E-state index < -0.39 is 16.8 Å². The largest absolute Gasteiger partial charge is 0.459 e. The lowest BCUT2D eigenvalue weighted by Crippen LogP contribution is -2.13. The van der Waals surface area contributed by atoms with Crippen LogP contribution in [-0.4, -0.2) is 22.9 Å². The van der Waals surface area contributed by atoms with Crippen LogP contribution >= 0.6 is 0 Å². The number of anilines is 1. The lowest BCUT2D eigenvalue weighted by molar-refractivity contribution is -0.384. The van der Waals surface area contributed by atoms with Crippen LogP contribution in [0, 0.1) is 10.1 Å². The third-order valence-corrected chi connectivity index (χ3v) is 3.04.